The van der Waals surface area contributed by atoms with Crippen LogP contribution in [0.25, 0.3) is 0 Å². The number of halogens is 1. The number of hydrogen-bond acceptors (Lipinski definition) is 4. The van der Waals surface area contributed by atoms with E-state index in [1.54, 1.807) is 0 Å². The average Bonchev–Trinajstić information content (AvgIpc) is 2.84. The Labute approximate surface area is 144 Å². The molecule has 0 aromatic heterocycles. The molecule has 0 aromatic carbocycles. The number of amides is 2. The Morgan fingerprint density at radius 1 is 1.13 bits per heavy atom. The molecular weight excluding hydrogens is 318 g/mol. The standard InChI is InChI=1S/C16H29N3O3.ClH/c17-15(13-6-11-22-12-7-13)16(21)18-8-5-14(20)19-9-3-1-2-4-10-19;/h13,15H,1-12,17H2,(H,18,21);1H. The number of ether oxygens (including phenoxy) is 1. The molecule has 0 bridgehead atoms. The predicted molar refractivity (Wildman–Crippen MR) is 91.4 cm³/mol. The zero-order chi connectivity index (χ0) is 15.8. The summed E-state index contributed by atoms with van der Waals surface area (Å²) in [5, 5.41) is 2.81. The van der Waals surface area contributed by atoms with Gasteiger partial charge in [0.15, 0.2) is 0 Å². The summed E-state index contributed by atoms with van der Waals surface area (Å²) in [7, 11) is 0. The molecule has 0 saturated carbocycles. The lowest BCUT2D eigenvalue weighted by Crippen LogP contribution is -2.47. The van der Waals surface area contributed by atoms with Gasteiger partial charge in [-0.2, -0.15) is 0 Å². The van der Waals surface area contributed by atoms with Crippen LogP contribution in [0.5, 0.6) is 0 Å². The second-order valence-corrected chi connectivity index (χ2v) is 6.31. The van der Waals surface area contributed by atoms with Crippen molar-refractivity contribution in [2.75, 3.05) is 32.8 Å². The summed E-state index contributed by atoms with van der Waals surface area (Å²) >= 11 is 0. The highest BCUT2D eigenvalue weighted by molar-refractivity contribution is 5.85. The van der Waals surface area contributed by atoms with Gasteiger partial charge in [0.2, 0.25) is 11.8 Å². The summed E-state index contributed by atoms with van der Waals surface area (Å²) in [5.74, 6) is 0.187. The average molecular weight is 348 g/mol. The Bertz CT molecular complexity index is 368. The first-order chi connectivity index (χ1) is 10.7. The van der Waals surface area contributed by atoms with E-state index in [-0.39, 0.29) is 30.1 Å². The number of likely N-dealkylation sites (tertiary alicyclic amines) is 1. The smallest absolute Gasteiger partial charge is 0.237 e. The van der Waals surface area contributed by atoms with E-state index in [1.807, 2.05) is 4.90 Å². The molecule has 1 unspecified atom stereocenters. The van der Waals surface area contributed by atoms with E-state index in [0.29, 0.717) is 26.2 Å². The lowest BCUT2D eigenvalue weighted by atomic mass is 9.92. The van der Waals surface area contributed by atoms with Crippen molar-refractivity contribution in [1.82, 2.24) is 10.2 Å². The summed E-state index contributed by atoms with van der Waals surface area (Å²) in [6.07, 6.45) is 6.63. The molecule has 0 spiro atoms. The first kappa shape index (κ1) is 20.2. The van der Waals surface area contributed by atoms with E-state index < -0.39 is 6.04 Å². The predicted octanol–water partition coefficient (Wildman–Crippen LogP) is 1.07. The van der Waals surface area contributed by atoms with Crippen LogP contribution in [0.1, 0.15) is 44.9 Å². The lowest BCUT2D eigenvalue weighted by molar-refractivity contribution is -0.131. The molecule has 2 amide bonds. The van der Waals surface area contributed by atoms with Crippen molar-refractivity contribution in [1.29, 1.82) is 0 Å². The molecule has 0 aromatic rings. The minimum atomic E-state index is -0.489. The second kappa shape index (κ2) is 10.8. The van der Waals surface area contributed by atoms with E-state index in [9.17, 15) is 9.59 Å². The van der Waals surface area contributed by atoms with Crippen molar-refractivity contribution < 1.29 is 14.3 Å². The minimum Gasteiger partial charge on any atom is -0.381 e. The zero-order valence-corrected chi connectivity index (χ0v) is 14.6. The molecule has 2 aliphatic heterocycles. The maximum Gasteiger partial charge on any atom is 0.237 e. The largest absolute Gasteiger partial charge is 0.381 e. The topological polar surface area (TPSA) is 84.7 Å². The van der Waals surface area contributed by atoms with E-state index in [1.165, 1.54) is 12.8 Å². The highest BCUT2D eigenvalue weighted by Gasteiger charge is 2.26. The molecule has 23 heavy (non-hydrogen) atoms. The van der Waals surface area contributed by atoms with Crippen LogP contribution in [-0.4, -0.2) is 55.6 Å². The third-order valence-corrected chi connectivity index (χ3v) is 4.67. The van der Waals surface area contributed by atoms with Crippen LogP contribution in [-0.2, 0) is 14.3 Å². The summed E-state index contributed by atoms with van der Waals surface area (Å²) in [5.41, 5.74) is 6.01. The molecule has 0 radical (unpaired) electrons. The molecular formula is C16H30ClN3O3. The fourth-order valence-electron chi connectivity index (χ4n) is 3.18. The summed E-state index contributed by atoms with van der Waals surface area (Å²) in [4.78, 5) is 26.1. The number of nitrogens with zero attached hydrogens (tertiary/aromatic N) is 1. The Morgan fingerprint density at radius 2 is 1.74 bits per heavy atom. The monoisotopic (exact) mass is 347 g/mol. The molecule has 2 heterocycles. The molecule has 2 aliphatic rings. The van der Waals surface area contributed by atoms with Gasteiger partial charge in [0.25, 0.3) is 0 Å². The Balaban J connectivity index is 0.00000264. The first-order valence-corrected chi connectivity index (χ1v) is 8.57. The fraction of sp³-hybridized carbons (Fsp3) is 0.875. The Kier molecular flexibility index (Phi) is 9.52. The van der Waals surface area contributed by atoms with Crippen molar-refractivity contribution in [3.05, 3.63) is 0 Å². The van der Waals surface area contributed by atoms with Crippen LogP contribution < -0.4 is 11.1 Å². The van der Waals surface area contributed by atoms with Crippen molar-refractivity contribution in [2.24, 2.45) is 11.7 Å². The van der Waals surface area contributed by atoms with Gasteiger partial charge in [-0.25, -0.2) is 0 Å². The van der Waals surface area contributed by atoms with E-state index in [0.717, 1.165) is 38.8 Å². The van der Waals surface area contributed by atoms with Crippen LogP contribution in [0, 0.1) is 5.92 Å². The van der Waals surface area contributed by atoms with Crippen LogP contribution in [0.4, 0.5) is 0 Å². The highest BCUT2D eigenvalue weighted by Crippen LogP contribution is 2.17. The van der Waals surface area contributed by atoms with Gasteiger partial charge in [0.05, 0.1) is 6.04 Å². The van der Waals surface area contributed by atoms with Gasteiger partial charge in [-0.15, -0.1) is 12.4 Å². The second-order valence-electron chi connectivity index (χ2n) is 6.31. The maximum absolute atomic E-state index is 12.1. The van der Waals surface area contributed by atoms with Crippen molar-refractivity contribution in [2.45, 2.75) is 51.0 Å². The molecule has 7 heteroatoms. The van der Waals surface area contributed by atoms with Crippen LogP contribution >= 0.6 is 12.4 Å². The molecule has 1 atom stereocenters. The number of nitrogens with one attached hydrogen (secondary N) is 1. The number of nitrogens with two attached hydrogens (primary N) is 1. The van der Waals surface area contributed by atoms with Gasteiger partial charge in [0.1, 0.15) is 0 Å². The molecule has 0 aliphatic carbocycles. The minimum absolute atomic E-state index is 0. The number of hydrogen-bond donors (Lipinski definition) is 2. The zero-order valence-electron chi connectivity index (χ0n) is 13.8. The van der Waals surface area contributed by atoms with Gasteiger partial charge >= 0.3 is 0 Å². The Morgan fingerprint density at radius 3 is 2.35 bits per heavy atom. The molecule has 2 saturated heterocycles. The van der Waals surface area contributed by atoms with Gasteiger partial charge in [-0.3, -0.25) is 9.59 Å². The van der Waals surface area contributed by atoms with Crippen LogP contribution in [0.15, 0.2) is 0 Å². The van der Waals surface area contributed by atoms with Crippen molar-refractivity contribution in [3.63, 3.8) is 0 Å². The molecule has 134 valence electrons. The molecule has 3 N–H and O–H groups in total. The van der Waals surface area contributed by atoms with Crippen LogP contribution in [0.3, 0.4) is 0 Å². The van der Waals surface area contributed by atoms with Gasteiger partial charge < -0.3 is 20.7 Å². The quantitative estimate of drug-likeness (QED) is 0.779. The summed E-state index contributed by atoms with van der Waals surface area (Å²) in [6.45, 7) is 3.45. The third kappa shape index (κ3) is 6.65. The van der Waals surface area contributed by atoms with Gasteiger partial charge in [-0.05, 0) is 31.6 Å². The van der Waals surface area contributed by atoms with Gasteiger partial charge in [0, 0.05) is 39.3 Å². The highest BCUT2D eigenvalue weighted by atomic mass is 35.5. The Hall–Kier alpha value is -0.850. The number of carbonyl (C=O) groups is 2. The first-order valence-electron chi connectivity index (χ1n) is 8.57. The van der Waals surface area contributed by atoms with Gasteiger partial charge in [-0.1, -0.05) is 12.8 Å². The molecule has 2 rings (SSSR count). The van der Waals surface area contributed by atoms with Crippen molar-refractivity contribution in [3.8, 4) is 0 Å². The lowest BCUT2D eigenvalue weighted by Gasteiger charge is -2.27. The van der Waals surface area contributed by atoms with E-state index >= 15 is 0 Å². The normalized spacial score (nSPS) is 21.0. The third-order valence-electron chi connectivity index (χ3n) is 4.67. The van der Waals surface area contributed by atoms with E-state index in [2.05, 4.69) is 5.32 Å². The van der Waals surface area contributed by atoms with Crippen LogP contribution in [0.2, 0.25) is 0 Å². The maximum atomic E-state index is 12.1. The molecule has 6 nitrogen and oxygen atoms in total. The summed E-state index contributed by atoms with van der Waals surface area (Å²) < 4.78 is 5.28. The fourth-order valence-corrected chi connectivity index (χ4v) is 3.18. The van der Waals surface area contributed by atoms with E-state index in [4.69, 9.17) is 10.5 Å². The summed E-state index contributed by atoms with van der Waals surface area (Å²) in [6, 6.07) is -0.489. The SMILES string of the molecule is Cl.NC(C(=O)NCCC(=O)N1CCCCCC1)C1CCOCC1. The van der Waals surface area contributed by atoms with Crippen molar-refractivity contribution >= 4 is 24.2 Å². The number of rotatable bonds is 5. The molecule has 2 fully saturated rings. The number of carbonyl (C=O) groups excluding carboxylic acids is 2.